The highest BCUT2D eigenvalue weighted by atomic mass is 32.2. The molecule has 3 aliphatic carbocycles. The molecular formula is C99H123N27O12S5. The number of allylic oxidation sites excluding steroid dienone is 5. The Morgan fingerprint density at radius 2 is 0.881 bits per heavy atom. The zero-order valence-corrected chi connectivity index (χ0v) is 86.7. The number of morpholine rings is 5. The first-order valence-corrected chi connectivity index (χ1v) is 58.7. The molecule has 143 heavy (non-hydrogen) atoms. The second-order valence-electron chi connectivity index (χ2n) is 37.4. The third kappa shape index (κ3) is 26.0. The molecule has 44 heteroatoms. The second-order valence-corrected chi connectivity index (χ2v) is 50.1. The number of aliphatic hydroxyl groups is 1. The first-order chi connectivity index (χ1) is 68.7. The average Bonchev–Trinajstić information content (AvgIpc) is 1.77. The van der Waals surface area contributed by atoms with Crippen LogP contribution < -0.4 is 24.5 Å². The zero-order chi connectivity index (χ0) is 100. The number of anilines is 5. The molecule has 0 radical (unpaired) electrons. The van der Waals surface area contributed by atoms with Crippen LogP contribution >= 0.6 is 0 Å². The highest BCUT2D eigenvalue weighted by Crippen LogP contribution is 2.39. The number of carbonyl (C=O) groups is 1. The van der Waals surface area contributed by atoms with Crippen LogP contribution in [0.2, 0.25) is 0 Å². The highest BCUT2D eigenvalue weighted by Gasteiger charge is 2.34. The lowest BCUT2D eigenvalue weighted by Gasteiger charge is -2.34. The van der Waals surface area contributed by atoms with Crippen LogP contribution in [-0.2, 0) is 90.0 Å². The first kappa shape index (κ1) is 102. The van der Waals surface area contributed by atoms with Gasteiger partial charge in [-0.25, -0.2) is 80.9 Å². The zero-order valence-electron chi connectivity index (χ0n) is 82.6. The van der Waals surface area contributed by atoms with Gasteiger partial charge in [-0.05, 0) is 109 Å². The smallest absolute Gasteiger partial charge is 0.248 e. The summed E-state index contributed by atoms with van der Waals surface area (Å²) in [7, 11) is -11.9. The van der Waals surface area contributed by atoms with Crippen LogP contribution in [0.3, 0.4) is 0 Å². The van der Waals surface area contributed by atoms with Gasteiger partial charge < -0.3 is 62.6 Å². The van der Waals surface area contributed by atoms with Gasteiger partial charge in [-0.1, -0.05) is 48.9 Å². The lowest BCUT2D eigenvalue weighted by molar-refractivity contribution is -0.133. The largest absolute Gasteiger partial charge is 0.387 e. The summed E-state index contributed by atoms with van der Waals surface area (Å²) < 4.78 is 116. The van der Waals surface area contributed by atoms with Gasteiger partial charge in [-0.15, -0.1) is 0 Å². The summed E-state index contributed by atoms with van der Waals surface area (Å²) in [6.45, 7) is 22.6. The quantitative estimate of drug-likeness (QED) is 0.0938. The molecule has 0 aromatic carbocycles. The Balaban J connectivity index is 0.000000123. The van der Waals surface area contributed by atoms with E-state index in [4.69, 9.17) is 68.0 Å². The predicted molar refractivity (Wildman–Crippen MR) is 564 cm³/mol. The standard InChI is InChI=1S/C23H28N6O4S.C22H27N5O2S.C19H23N5O2S.C18H22N6O2S.C17H23N5O2S/c1-16-15-33-10-7-29(16)21-13-20(27-34(32)11-8-28(9-12-34)22(31)14-30)25-23(26-21)18-5-6-24-19-4-2-3-17(18)19;1-16-15-29-11-10-27(16)21-14-20(26-30(28)12-3-2-4-13-30)24-22(25-21)18-8-9-23-19-7-5-6-17(18)19;1-14-13-26-11-10-23(14)18-12-17(22-27(2,3)25)20-19(21-18)16-8-4-6-15-7-5-9-24(15)16;1-12-10-26-8-7-24(12)16-9-15(23-27(2,3)25)21-18(22-16)17-13-5-4-6-14(13)19-11-20-17;1-12-9-14(5-6-18-12)17-19-15(21-25(3,4)23)10-16(20-17)22-7-8-24-11-13(22)2/h2-3,5-6,13,16,30H,4,7-12,14-15H2,1H3;5-6,8-9,14,16H,2-4,7,10-13,15H2,1H3;4-9,12,14H,10-11,13H2,1-3H3;4-6,9,11-13H,7-8,10H2,1-3H3;5-6,9-10,13H,7-8,11H2,1-4H3/t2*16-;14-;12-,13?;13-/m11111/s1. The third-order valence-electron chi connectivity index (χ3n) is 25.1. The molecule has 1 N–H and O–H groups in total. The van der Waals surface area contributed by atoms with Crippen molar-refractivity contribution in [3.63, 3.8) is 0 Å². The van der Waals surface area contributed by atoms with Crippen molar-refractivity contribution in [2.45, 2.75) is 104 Å². The van der Waals surface area contributed by atoms with E-state index in [9.17, 15) is 25.8 Å². The maximum Gasteiger partial charge on any atom is 0.248 e. The summed E-state index contributed by atoms with van der Waals surface area (Å²) in [5.41, 5.74) is 11.2. The fourth-order valence-electron chi connectivity index (χ4n) is 18.1. The fourth-order valence-corrected chi connectivity index (χ4v) is 23.7. The topological polar surface area (TPSA) is 447 Å². The molecule has 7 saturated heterocycles. The van der Waals surface area contributed by atoms with Gasteiger partial charge in [0.2, 0.25) is 5.91 Å². The average molecular weight is 2040 g/mol. The van der Waals surface area contributed by atoms with Crippen molar-refractivity contribution < 1.29 is 54.6 Å². The van der Waals surface area contributed by atoms with E-state index >= 15 is 0 Å². The van der Waals surface area contributed by atoms with E-state index in [0.717, 1.165) is 155 Å². The van der Waals surface area contributed by atoms with Gasteiger partial charge in [-0.3, -0.25) is 19.7 Å². The van der Waals surface area contributed by atoms with Crippen LogP contribution in [0.4, 0.5) is 58.2 Å². The number of ether oxygens (including phenoxy) is 5. The first-order valence-electron chi connectivity index (χ1n) is 48.0. The Morgan fingerprint density at radius 1 is 0.469 bits per heavy atom. The van der Waals surface area contributed by atoms with Crippen molar-refractivity contribution in [1.29, 1.82) is 0 Å². The minimum atomic E-state index is -2.60. The van der Waals surface area contributed by atoms with Gasteiger partial charge in [0, 0.05) is 243 Å². The molecule has 756 valence electrons. The fraction of sp³-hybridized carbons (Fsp3) is 0.455. The summed E-state index contributed by atoms with van der Waals surface area (Å²) in [4.78, 5) is 93.4. The molecule has 21 rings (SSSR count). The van der Waals surface area contributed by atoms with E-state index in [-0.39, 0.29) is 53.5 Å². The van der Waals surface area contributed by atoms with E-state index in [1.165, 1.54) is 11.2 Å². The molecule has 6 atom stereocenters. The van der Waals surface area contributed by atoms with E-state index in [1.807, 2.05) is 115 Å². The van der Waals surface area contributed by atoms with Gasteiger partial charge >= 0.3 is 0 Å². The summed E-state index contributed by atoms with van der Waals surface area (Å²) in [5.74, 6) is 10.2. The summed E-state index contributed by atoms with van der Waals surface area (Å²) in [5, 5.41) is 9.11. The van der Waals surface area contributed by atoms with E-state index in [1.54, 1.807) is 68.1 Å². The molecule has 1 unspecified atom stereocenters. The molecule has 1 amide bonds. The minimum Gasteiger partial charge on any atom is -0.387 e. The van der Waals surface area contributed by atoms with Crippen LogP contribution in [0, 0.1) is 12.8 Å². The molecule has 18 heterocycles. The number of fused-ring (bicyclic) bond motifs is 4. The Labute approximate surface area is 836 Å². The second kappa shape index (κ2) is 45.0. The molecule has 0 bridgehead atoms. The lowest BCUT2D eigenvalue weighted by atomic mass is 10.0. The van der Waals surface area contributed by atoms with Crippen LogP contribution in [0.25, 0.3) is 63.4 Å². The Hall–Kier alpha value is -12.1. The van der Waals surface area contributed by atoms with Gasteiger partial charge in [0.15, 0.2) is 58.2 Å². The summed E-state index contributed by atoms with van der Waals surface area (Å²) >= 11 is 0. The Bertz CT molecular complexity index is 7280. The molecule has 7 fully saturated rings. The maximum atomic E-state index is 13.5. The van der Waals surface area contributed by atoms with E-state index in [2.05, 4.69) is 135 Å². The minimum absolute atomic E-state index is 0.0622. The maximum absolute atomic E-state index is 13.5. The van der Waals surface area contributed by atoms with Crippen molar-refractivity contribution in [1.82, 2.24) is 74.1 Å². The normalized spacial score (nSPS) is 21.1. The number of amides is 1. The van der Waals surface area contributed by atoms with Gasteiger partial charge in [0.05, 0.1) is 150 Å². The number of aliphatic hydroxyl groups excluding tert-OH is 1. The number of aryl methyl sites for hydroxylation is 1. The van der Waals surface area contributed by atoms with Crippen LogP contribution in [0.1, 0.15) is 87.9 Å². The number of aliphatic imine (C=N–C) groups is 2. The predicted octanol–water partition coefficient (Wildman–Crippen LogP) is 12.3. The number of pyridine rings is 4. The third-order valence-corrected chi connectivity index (χ3v) is 31.5. The molecule has 10 aromatic rings. The lowest BCUT2D eigenvalue weighted by Crippen LogP contribution is -2.44. The van der Waals surface area contributed by atoms with Crippen molar-refractivity contribution in [3.05, 3.63) is 180 Å². The summed E-state index contributed by atoms with van der Waals surface area (Å²) in [6, 6.07) is 27.7. The van der Waals surface area contributed by atoms with Gasteiger partial charge in [0.25, 0.3) is 0 Å². The number of hydrogen-bond donors (Lipinski definition) is 1. The van der Waals surface area contributed by atoms with Crippen molar-refractivity contribution >= 4 is 142 Å². The number of hydrogen-bond acceptors (Lipinski definition) is 37. The Kier molecular flexibility index (Phi) is 32.2. The van der Waals surface area contributed by atoms with E-state index in [0.29, 0.717) is 155 Å². The molecule has 39 nitrogen and oxygen atoms in total. The Morgan fingerprint density at radius 3 is 1.34 bits per heavy atom. The van der Waals surface area contributed by atoms with Crippen LogP contribution in [-0.4, -0.2) is 327 Å². The van der Waals surface area contributed by atoms with Crippen LogP contribution in [0.5, 0.6) is 0 Å². The summed E-state index contributed by atoms with van der Waals surface area (Å²) in [6.07, 6.45) is 37.3. The van der Waals surface area contributed by atoms with Crippen molar-refractivity contribution in [2.75, 3.05) is 204 Å². The molecule has 10 aromatic heterocycles. The SMILES string of the molecule is C[C@@H]1COCCN1c1cc(N=S(C)(C)=O)nc(-c2cccc3cccn23)n1.C[C@@H]1COCCN1c1cc(N=S(C)(C)=O)nc(C2=NC=NC3=CC=CC32)n1.C[C@@H]1COCCN1c1cc(N=S2(=O)CCCCC2)nc(-c2ccnc3c2C=CC3)n1.C[C@@H]1COCCN1c1cc(N=S2(=O)CCN(C(=O)CO)CC2)nc(-c2ccnc3c2C=CC3)n1.Cc1cc(-c2nc(N=S(C)(C)=O)cc(N3CCOC[C@H]3C)n2)ccn1. The number of carbonyl (C=O) groups excluding carboxylic acids is 1. The molecule has 0 spiro atoms. The monoisotopic (exact) mass is 2040 g/mol. The highest BCUT2D eigenvalue weighted by molar-refractivity contribution is 7.94. The molecule has 0 saturated carbocycles. The number of nitrogens with zero attached hydrogens (tertiary/aromatic N) is 27. The molecule has 8 aliphatic heterocycles. The number of aromatic nitrogens is 14. The molecule has 11 aliphatic rings. The van der Waals surface area contributed by atoms with E-state index < -0.39 is 55.3 Å². The number of rotatable bonds is 16. The molecular weight excluding hydrogens is 1920 g/mol. The van der Waals surface area contributed by atoms with Gasteiger partial charge in [-0.2, -0.15) is 21.8 Å². The van der Waals surface area contributed by atoms with Crippen LogP contribution in [0.15, 0.2) is 178 Å². The van der Waals surface area contributed by atoms with Crippen molar-refractivity contribution in [3.8, 4) is 45.7 Å². The van der Waals surface area contributed by atoms with Gasteiger partial charge in [0.1, 0.15) is 42.0 Å². The van der Waals surface area contributed by atoms with Crippen molar-refractivity contribution in [2.24, 2.45) is 37.7 Å².